The van der Waals surface area contributed by atoms with Gasteiger partial charge in [0.2, 0.25) is 11.8 Å². The number of ketones is 3. The molecule has 1 saturated carbocycles. The zero-order valence-corrected chi connectivity index (χ0v) is 27.8. The fourth-order valence-electron chi connectivity index (χ4n) is 5.11. The number of rotatable bonds is 16. The molecule has 1 fully saturated rings. The Morgan fingerprint density at radius 1 is 0.702 bits per heavy atom. The predicted molar refractivity (Wildman–Crippen MR) is 171 cm³/mol. The maximum absolute atomic E-state index is 14.4. The van der Waals surface area contributed by atoms with Crippen molar-refractivity contribution in [3.8, 4) is 0 Å². The number of aliphatic carboxylic acids is 2. The Morgan fingerprint density at radius 3 is 1.36 bits per heavy atom. The van der Waals surface area contributed by atoms with Crippen LogP contribution in [0.1, 0.15) is 89.8 Å². The molecule has 0 bridgehead atoms. The van der Waals surface area contributed by atoms with Crippen molar-refractivity contribution >= 4 is 64.6 Å². The van der Waals surface area contributed by atoms with Gasteiger partial charge in [0.1, 0.15) is 29.3 Å². The van der Waals surface area contributed by atoms with Crippen LogP contribution < -0.4 is 10.6 Å². The van der Waals surface area contributed by atoms with Gasteiger partial charge in [-0.05, 0) is 12.8 Å². The maximum Gasteiger partial charge on any atom is 0.327 e. The van der Waals surface area contributed by atoms with Crippen LogP contribution in [0, 0.1) is 11.8 Å². The van der Waals surface area contributed by atoms with Crippen LogP contribution in [0.3, 0.4) is 0 Å². The number of nitrogens with one attached hydrogen (secondary N) is 2. The van der Waals surface area contributed by atoms with E-state index in [2.05, 4.69) is 30.6 Å². The highest BCUT2D eigenvalue weighted by Gasteiger charge is 2.43. The van der Waals surface area contributed by atoms with Crippen LogP contribution in [0.25, 0.3) is 0 Å². The molecule has 0 aromatic carbocycles. The van der Waals surface area contributed by atoms with Gasteiger partial charge in [-0.15, -0.1) is 23.5 Å². The number of carboxylic acid groups (broad SMARTS) is 2. The van der Waals surface area contributed by atoms with Crippen molar-refractivity contribution in [2.24, 2.45) is 11.8 Å². The molecule has 2 aromatic rings. The molecular weight excluding hydrogens is 652 g/mol. The summed E-state index contributed by atoms with van der Waals surface area (Å²) in [5.74, 6) is -6.03. The molecule has 4 unspecified atom stereocenters. The van der Waals surface area contributed by atoms with Crippen molar-refractivity contribution in [1.82, 2.24) is 30.6 Å². The van der Waals surface area contributed by atoms with Crippen LogP contribution in [0.2, 0.25) is 0 Å². The molecule has 0 radical (unpaired) electrons. The summed E-state index contributed by atoms with van der Waals surface area (Å²) in [5.41, 5.74) is 0.918. The number of hydrogen-bond acceptors (Lipinski definition) is 13. The molecule has 1 aliphatic carbocycles. The zero-order chi connectivity index (χ0) is 34.8. The Kier molecular flexibility index (Phi) is 13.5. The second-order valence-corrected chi connectivity index (χ2v) is 13.4. The molecule has 4 N–H and O–H groups in total. The molecule has 252 valence electrons. The maximum atomic E-state index is 14.4. The fraction of sp³-hybridized carbons (Fsp3) is 0.500. The van der Waals surface area contributed by atoms with Crippen LogP contribution in [-0.2, 0) is 24.0 Å². The predicted octanol–water partition coefficient (Wildman–Crippen LogP) is 2.08. The quantitative estimate of drug-likeness (QED) is 0.185. The molecule has 2 amide bonds. The highest BCUT2D eigenvalue weighted by atomic mass is 32.2. The lowest BCUT2D eigenvalue weighted by molar-refractivity contribution is -0.141. The average Bonchev–Trinajstić information content (AvgIpc) is 3.01. The summed E-state index contributed by atoms with van der Waals surface area (Å²) in [4.78, 5) is 102. The molecule has 2 heterocycles. The lowest BCUT2D eigenvalue weighted by Crippen LogP contribution is -2.42. The summed E-state index contributed by atoms with van der Waals surface area (Å²) >= 11 is 2.24. The van der Waals surface area contributed by atoms with E-state index in [1.807, 2.05) is 0 Å². The molecule has 2 aromatic heterocycles. The van der Waals surface area contributed by atoms with Gasteiger partial charge in [-0.3, -0.25) is 33.9 Å². The topological polar surface area (TPSA) is 236 Å². The van der Waals surface area contributed by atoms with Crippen molar-refractivity contribution in [1.29, 1.82) is 0 Å². The number of carbonyl (C=O) groups is 7. The fourth-order valence-corrected chi connectivity index (χ4v) is 7.95. The molecule has 17 heteroatoms. The van der Waals surface area contributed by atoms with E-state index < -0.39 is 58.2 Å². The summed E-state index contributed by atoms with van der Waals surface area (Å²) in [6.07, 6.45) is 6.73. The number of hydrogen-bond donors (Lipinski definition) is 4. The first kappa shape index (κ1) is 37.2. The third-order valence-electron chi connectivity index (χ3n) is 7.38. The highest BCUT2D eigenvalue weighted by molar-refractivity contribution is 7.99. The van der Waals surface area contributed by atoms with Gasteiger partial charge in [0.15, 0.2) is 11.6 Å². The van der Waals surface area contributed by atoms with Gasteiger partial charge < -0.3 is 20.8 Å². The van der Waals surface area contributed by atoms with E-state index in [0.29, 0.717) is 30.7 Å². The van der Waals surface area contributed by atoms with Crippen molar-refractivity contribution in [2.75, 3.05) is 11.5 Å². The molecule has 15 nitrogen and oxygen atoms in total. The third-order valence-corrected chi connectivity index (χ3v) is 10.3. The Bertz CT molecular complexity index is 1400. The Labute approximate surface area is 278 Å². The van der Waals surface area contributed by atoms with Gasteiger partial charge in [-0.2, -0.15) is 0 Å². The van der Waals surface area contributed by atoms with E-state index in [0.717, 1.165) is 23.5 Å². The number of aromatic nitrogens is 4. The minimum Gasteiger partial charge on any atom is -0.480 e. The minimum absolute atomic E-state index is 0.0999. The smallest absolute Gasteiger partial charge is 0.327 e. The minimum atomic E-state index is -1.26. The van der Waals surface area contributed by atoms with Gasteiger partial charge in [-0.1, -0.05) is 6.42 Å². The van der Waals surface area contributed by atoms with E-state index in [1.54, 1.807) is 0 Å². The molecule has 1 aliphatic rings. The summed E-state index contributed by atoms with van der Waals surface area (Å²) in [7, 11) is 0. The SMILES string of the molecule is CC(=O)N[C@@H](CSC(c1cnc(C(C)=O)cn1)C1CCCC(C(SC[C@H](NC(C)=O)C(=O)O)c2cnc(C(C)=O)cn2)C1=O)C(=O)O. The summed E-state index contributed by atoms with van der Waals surface area (Å²) in [6.45, 7) is 5.06. The van der Waals surface area contributed by atoms with Crippen LogP contribution >= 0.6 is 23.5 Å². The van der Waals surface area contributed by atoms with E-state index in [4.69, 9.17) is 0 Å². The van der Waals surface area contributed by atoms with Crippen LogP contribution in [0.5, 0.6) is 0 Å². The molecular formula is C30H36N6O9S2. The first-order valence-corrected chi connectivity index (χ1v) is 16.7. The van der Waals surface area contributed by atoms with Gasteiger partial charge in [-0.25, -0.2) is 19.6 Å². The molecule has 0 aliphatic heterocycles. The second kappa shape index (κ2) is 17.1. The Morgan fingerprint density at radius 2 is 1.09 bits per heavy atom. The van der Waals surface area contributed by atoms with Gasteiger partial charge in [0.05, 0.1) is 46.7 Å². The second-order valence-electron chi connectivity index (χ2n) is 11.0. The number of carbonyl (C=O) groups excluding carboxylic acids is 5. The average molecular weight is 689 g/mol. The standard InChI is InChI=1S/C30H36N6O9S2/c1-14(37)20-8-33-22(10-31-20)27(46-12-24(29(42)43)35-16(3)39)18-6-5-7-19(26(18)41)28(23-11-32-21(9-34-23)15(2)38)47-13-25(30(44)45)36-17(4)40/h8-11,18-19,24-25,27-28H,5-7,12-13H2,1-4H3,(H,35,39)(H,36,40)(H,42,43)(H,44,45)/t18?,19?,24-,25-,27?,28?/m0/s1. The van der Waals surface area contributed by atoms with E-state index in [1.165, 1.54) is 52.5 Å². The Hall–Kier alpha value is -4.25. The molecule has 3 rings (SSSR count). The van der Waals surface area contributed by atoms with Crippen LogP contribution in [-0.4, -0.2) is 94.8 Å². The van der Waals surface area contributed by atoms with Crippen LogP contribution in [0.4, 0.5) is 0 Å². The first-order chi connectivity index (χ1) is 22.2. The van der Waals surface area contributed by atoms with Crippen molar-refractivity contribution < 1.29 is 43.8 Å². The van der Waals surface area contributed by atoms with Crippen molar-refractivity contribution in [2.45, 2.75) is 69.5 Å². The first-order valence-electron chi connectivity index (χ1n) is 14.6. The monoisotopic (exact) mass is 688 g/mol. The number of Topliss-reactive ketones (excluding diaryl/α,β-unsaturated/α-hetero) is 3. The van der Waals surface area contributed by atoms with Crippen LogP contribution in [0.15, 0.2) is 24.8 Å². The number of carboxylic acids is 2. The lowest BCUT2D eigenvalue weighted by Gasteiger charge is -2.36. The summed E-state index contributed by atoms with van der Waals surface area (Å²) in [6, 6.07) is -2.50. The normalized spacial score (nSPS) is 18.7. The lowest BCUT2D eigenvalue weighted by atomic mass is 9.76. The highest BCUT2D eigenvalue weighted by Crippen LogP contribution is 2.48. The zero-order valence-electron chi connectivity index (χ0n) is 26.2. The molecule has 6 atom stereocenters. The van der Waals surface area contributed by atoms with Gasteiger partial charge in [0, 0.05) is 51.0 Å². The number of amides is 2. The number of nitrogens with zero attached hydrogens (tertiary/aromatic N) is 4. The van der Waals surface area contributed by atoms with Crippen molar-refractivity contribution in [3.05, 3.63) is 47.6 Å². The van der Waals surface area contributed by atoms with E-state index in [-0.39, 0.29) is 40.2 Å². The van der Waals surface area contributed by atoms with Gasteiger partial charge in [0.25, 0.3) is 0 Å². The largest absolute Gasteiger partial charge is 0.480 e. The number of thioether (sulfide) groups is 2. The van der Waals surface area contributed by atoms with Crippen molar-refractivity contribution in [3.63, 3.8) is 0 Å². The summed E-state index contributed by atoms with van der Waals surface area (Å²) < 4.78 is 0. The van der Waals surface area contributed by atoms with Gasteiger partial charge >= 0.3 is 11.9 Å². The molecule has 0 spiro atoms. The third kappa shape index (κ3) is 10.4. The summed E-state index contributed by atoms with van der Waals surface area (Å²) in [5, 5.41) is 22.7. The van der Waals surface area contributed by atoms with E-state index >= 15 is 0 Å². The Balaban J connectivity index is 2.01. The van der Waals surface area contributed by atoms with E-state index in [9.17, 15) is 43.8 Å². The molecule has 0 saturated heterocycles. The molecule has 47 heavy (non-hydrogen) atoms.